The molecule has 0 unspecified atom stereocenters. The van der Waals surface area contributed by atoms with Crippen LogP contribution in [0.3, 0.4) is 0 Å². The standard InChI is InChI=1S/C3H4Cl3GeN.ClH/c4-7(5,6)2-1-3-8;/h1-2H2;1H/p-1. The van der Waals surface area contributed by atoms with Crippen LogP contribution in [0.5, 0.6) is 0 Å². The number of halogens is 4. The van der Waals surface area contributed by atoms with Crippen LogP contribution in [0.2, 0.25) is 5.25 Å². The van der Waals surface area contributed by atoms with Crippen LogP contribution in [0.15, 0.2) is 0 Å². The minimum atomic E-state index is -2.91. The van der Waals surface area contributed by atoms with Crippen molar-refractivity contribution in [3.05, 3.63) is 0 Å². The molecule has 0 aliphatic rings. The maximum atomic E-state index is 8.03. The zero-order valence-corrected chi connectivity index (χ0v) is 9.50. The third-order valence-corrected chi connectivity index (χ3v) is 5.18. The van der Waals surface area contributed by atoms with Gasteiger partial charge in [-0.1, -0.05) is 0 Å². The van der Waals surface area contributed by atoms with Crippen LogP contribution in [0, 0.1) is 11.3 Å². The molecule has 0 aromatic rings. The van der Waals surface area contributed by atoms with Crippen LogP contribution in [0.1, 0.15) is 6.42 Å². The molecule has 0 aliphatic carbocycles. The molecule has 0 amide bonds. The molecular weight excluding hydrogens is 264 g/mol. The van der Waals surface area contributed by atoms with Crippen molar-refractivity contribution >= 4 is 40.5 Å². The maximum absolute atomic E-state index is 8.03. The van der Waals surface area contributed by atoms with Gasteiger partial charge >= 0.3 is 63.5 Å². The Labute approximate surface area is 75.6 Å². The van der Waals surface area contributed by atoms with Crippen molar-refractivity contribution in [2.75, 3.05) is 0 Å². The molecule has 6 heteroatoms. The Morgan fingerprint density at radius 2 is 1.78 bits per heavy atom. The molecule has 0 radical (unpaired) electrons. The Hall–Kier alpha value is 1.19. The Morgan fingerprint density at radius 3 is 1.89 bits per heavy atom. The summed E-state index contributed by atoms with van der Waals surface area (Å²) in [6, 6.07) is 1.92. The Morgan fingerprint density at radius 1 is 1.33 bits per heavy atom. The first-order valence-corrected chi connectivity index (χ1v) is 11.8. The van der Waals surface area contributed by atoms with E-state index in [-0.39, 0.29) is 12.4 Å². The van der Waals surface area contributed by atoms with Gasteiger partial charge in [-0.15, -0.1) is 0 Å². The van der Waals surface area contributed by atoms with E-state index in [4.69, 9.17) is 35.3 Å². The average Bonchev–Trinajstić information content (AvgIpc) is 1.59. The third-order valence-electron chi connectivity index (χ3n) is 0.520. The number of hydrogen-bond acceptors (Lipinski definition) is 1. The van der Waals surface area contributed by atoms with Crippen molar-refractivity contribution in [2.45, 2.75) is 11.7 Å². The van der Waals surface area contributed by atoms with E-state index in [1.165, 1.54) is 0 Å². The Balaban J connectivity index is 0. The summed E-state index contributed by atoms with van der Waals surface area (Å²) in [7, 11) is 13.5. The van der Waals surface area contributed by atoms with Crippen molar-refractivity contribution in [2.24, 2.45) is 0 Å². The van der Waals surface area contributed by atoms with E-state index in [2.05, 4.69) is 0 Å². The van der Waals surface area contributed by atoms with Crippen molar-refractivity contribution in [1.82, 2.24) is 0 Å². The smallest absolute Gasteiger partial charge is 1.00 e. The molecule has 0 saturated heterocycles. The van der Waals surface area contributed by atoms with Gasteiger partial charge in [0.15, 0.2) is 0 Å². The summed E-state index contributed by atoms with van der Waals surface area (Å²) >= 11 is 0. The van der Waals surface area contributed by atoms with Gasteiger partial charge < -0.3 is 12.4 Å². The van der Waals surface area contributed by atoms with Gasteiger partial charge in [0.2, 0.25) is 0 Å². The molecule has 0 N–H and O–H groups in total. The molecule has 9 heavy (non-hydrogen) atoms. The summed E-state index contributed by atoms with van der Waals surface area (Å²) in [5.74, 6) is 0. The molecule has 54 valence electrons. The quantitative estimate of drug-likeness (QED) is 0.623. The molecule has 1 nitrogen and oxygen atoms in total. The summed E-state index contributed by atoms with van der Waals surface area (Å²) in [6.45, 7) is 0. The first-order valence-electron chi connectivity index (χ1n) is 2.00. The monoisotopic (exact) mass is 268 g/mol. The van der Waals surface area contributed by atoms with Gasteiger partial charge in [0, 0.05) is 0 Å². The fourth-order valence-corrected chi connectivity index (χ4v) is 2.50. The fraction of sp³-hybridized carbons (Fsp3) is 0.667. The molecule has 0 fully saturated rings. The van der Waals surface area contributed by atoms with E-state index < -0.39 is 10.5 Å². The second-order valence-corrected chi connectivity index (χ2v) is 18.0. The van der Waals surface area contributed by atoms with E-state index in [1.807, 2.05) is 6.07 Å². The minimum absolute atomic E-state index is 0. The summed E-state index contributed by atoms with van der Waals surface area (Å²) < 4.78 is 0. The molecule has 0 heterocycles. The number of nitriles is 1. The van der Waals surface area contributed by atoms with Crippen LogP contribution >= 0.6 is 30.0 Å². The molecule has 0 bridgehead atoms. The topological polar surface area (TPSA) is 23.8 Å². The van der Waals surface area contributed by atoms with Crippen LogP contribution in [0.25, 0.3) is 0 Å². The summed E-state index contributed by atoms with van der Waals surface area (Å²) in [5, 5.41) is 8.52. The molecule has 0 aromatic heterocycles. The average molecular weight is 268 g/mol. The van der Waals surface area contributed by atoms with Gasteiger partial charge in [-0.3, -0.25) is 0 Å². The molecule has 0 spiro atoms. The largest absolute Gasteiger partial charge is 1.00 e. The Kier molecular flexibility index (Phi) is 8.47. The van der Waals surface area contributed by atoms with Crippen LogP contribution in [-0.4, -0.2) is 10.5 Å². The van der Waals surface area contributed by atoms with Crippen LogP contribution in [0.4, 0.5) is 0 Å². The number of rotatable bonds is 2. The van der Waals surface area contributed by atoms with E-state index in [0.29, 0.717) is 11.7 Å². The van der Waals surface area contributed by atoms with E-state index in [9.17, 15) is 0 Å². The third kappa shape index (κ3) is 12.4. The second-order valence-electron chi connectivity index (χ2n) is 1.27. The Bertz CT molecular complexity index is 103. The molecule has 0 atom stereocenters. The predicted molar refractivity (Wildman–Crippen MR) is 38.4 cm³/mol. The first-order chi connectivity index (χ1) is 3.56. The molecule has 0 rings (SSSR count). The maximum Gasteiger partial charge on any atom is -1.00 e. The van der Waals surface area contributed by atoms with Gasteiger partial charge in [-0.25, -0.2) is 0 Å². The van der Waals surface area contributed by atoms with Crippen LogP contribution in [-0.2, 0) is 0 Å². The zero-order chi connectivity index (χ0) is 6.62. The van der Waals surface area contributed by atoms with Crippen molar-refractivity contribution in [1.29, 1.82) is 5.26 Å². The van der Waals surface area contributed by atoms with Crippen molar-refractivity contribution < 1.29 is 12.4 Å². The van der Waals surface area contributed by atoms with E-state index in [1.54, 1.807) is 0 Å². The molecule has 0 saturated carbocycles. The summed E-state index contributed by atoms with van der Waals surface area (Å²) in [4.78, 5) is 0. The predicted octanol–water partition coefficient (Wildman–Crippen LogP) is -0.441. The van der Waals surface area contributed by atoms with Gasteiger partial charge in [-0.2, -0.15) is 0 Å². The SMILES string of the molecule is N#CC[CH2][Ge]([Cl])([Cl])[Cl].[Cl-]. The first kappa shape index (κ1) is 12.8. The zero-order valence-electron chi connectivity index (χ0n) is 4.37. The normalized spacial score (nSPS) is 9.56. The van der Waals surface area contributed by atoms with Gasteiger partial charge in [0.05, 0.1) is 0 Å². The van der Waals surface area contributed by atoms with E-state index in [0.717, 1.165) is 0 Å². The molecule has 0 aromatic carbocycles. The minimum Gasteiger partial charge on any atom is -1.00 e. The molecular formula is C3H4Cl4GeN-. The van der Waals surface area contributed by atoms with Gasteiger partial charge in [-0.05, 0) is 0 Å². The van der Waals surface area contributed by atoms with Gasteiger partial charge in [0.25, 0.3) is 0 Å². The number of nitrogens with zero attached hydrogens (tertiary/aromatic N) is 1. The van der Waals surface area contributed by atoms with Crippen LogP contribution < -0.4 is 12.4 Å². The van der Waals surface area contributed by atoms with E-state index >= 15 is 0 Å². The number of hydrogen-bond donors (Lipinski definition) is 0. The summed E-state index contributed by atoms with van der Waals surface area (Å²) in [6.07, 6.45) is 0.372. The molecule has 0 aliphatic heterocycles. The fourth-order valence-electron chi connectivity index (χ4n) is 0.198. The van der Waals surface area contributed by atoms with Crippen molar-refractivity contribution in [3.8, 4) is 6.07 Å². The van der Waals surface area contributed by atoms with Gasteiger partial charge in [0.1, 0.15) is 0 Å². The van der Waals surface area contributed by atoms with Crippen molar-refractivity contribution in [3.63, 3.8) is 0 Å². The second kappa shape index (κ2) is 5.94. The summed E-state index contributed by atoms with van der Waals surface area (Å²) in [5.41, 5.74) is 0.